The molecule has 0 spiro atoms. The van der Waals surface area contributed by atoms with Crippen molar-refractivity contribution in [2.75, 3.05) is 19.5 Å². The van der Waals surface area contributed by atoms with Gasteiger partial charge in [0.05, 0.1) is 19.9 Å². The summed E-state index contributed by atoms with van der Waals surface area (Å²) < 4.78 is 10.6. The topological polar surface area (TPSA) is 67.2 Å². The van der Waals surface area contributed by atoms with E-state index >= 15 is 0 Å². The molecule has 0 radical (unpaired) electrons. The second kappa shape index (κ2) is 8.79. The number of nitriles is 1. The molecule has 0 saturated carbocycles. The molecule has 0 amide bonds. The Morgan fingerprint density at radius 3 is 2.68 bits per heavy atom. The van der Waals surface area contributed by atoms with Crippen molar-refractivity contribution in [1.82, 2.24) is 4.98 Å². The SMILES string of the molecule is COc1ccc(-c2csc(C(C#N)=CNc3cc(Cl)ccc3C)n2)cc1OC. The molecule has 0 aliphatic rings. The Morgan fingerprint density at radius 1 is 1.18 bits per heavy atom. The van der Waals surface area contributed by atoms with Crippen molar-refractivity contribution < 1.29 is 9.47 Å². The van der Waals surface area contributed by atoms with Crippen molar-refractivity contribution in [1.29, 1.82) is 5.26 Å². The molecule has 0 saturated heterocycles. The van der Waals surface area contributed by atoms with E-state index in [1.165, 1.54) is 11.3 Å². The number of ether oxygens (including phenoxy) is 2. The summed E-state index contributed by atoms with van der Waals surface area (Å²) in [5.74, 6) is 1.28. The summed E-state index contributed by atoms with van der Waals surface area (Å²) in [5.41, 5.74) is 3.97. The molecule has 7 heteroatoms. The lowest BCUT2D eigenvalue weighted by Crippen LogP contribution is -1.94. The van der Waals surface area contributed by atoms with Crippen LogP contribution in [0.1, 0.15) is 10.6 Å². The van der Waals surface area contributed by atoms with Crippen LogP contribution in [0.5, 0.6) is 11.5 Å². The van der Waals surface area contributed by atoms with Crippen LogP contribution in [0.4, 0.5) is 5.69 Å². The third-order valence-corrected chi connectivity index (χ3v) is 5.22. The van der Waals surface area contributed by atoms with Crippen molar-refractivity contribution in [2.45, 2.75) is 6.92 Å². The zero-order valence-electron chi connectivity index (χ0n) is 15.6. The average Bonchev–Trinajstić information content (AvgIpc) is 3.20. The van der Waals surface area contributed by atoms with Gasteiger partial charge in [0.2, 0.25) is 0 Å². The molecule has 0 aliphatic heterocycles. The summed E-state index contributed by atoms with van der Waals surface area (Å²) in [6.45, 7) is 1.97. The molecule has 28 heavy (non-hydrogen) atoms. The van der Waals surface area contributed by atoms with Gasteiger partial charge in [-0.3, -0.25) is 0 Å². The smallest absolute Gasteiger partial charge is 0.161 e. The normalized spacial score (nSPS) is 11.0. The molecule has 1 heterocycles. The Kier molecular flexibility index (Phi) is 6.19. The van der Waals surface area contributed by atoms with E-state index in [0.717, 1.165) is 22.5 Å². The first kappa shape index (κ1) is 19.7. The summed E-state index contributed by atoms with van der Waals surface area (Å²) in [7, 11) is 3.19. The fraction of sp³-hybridized carbons (Fsp3) is 0.143. The number of nitrogens with one attached hydrogen (secondary N) is 1. The number of methoxy groups -OCH3 is 2. The first-order valence-corrected chi connectivity index (χ1v) is 9.62. The molecule has 3 aromatic rings. The van der Waals surface area contributed by atoms with E-state index < -0.39 is 0 Å². The van der Waals surface area contributed by atoms with Gasteiger partial charge in [0.25, 0.3) is 0 Å². The summed E-state index contributed by atoms with van der Waals surface area (Å²) in [6, 6.07) is 13.4. The van der Waals surface area contributed by atoms with Crippen LogP contribution >= 0.6 is 22.9 Å². The van der Waals surface area contributed by atoms with Crippen LogP contribution in [0.3, 0.4) is 0 Å². The molecule has 1 N–H and O–H groups in total. The number of hydrogen-bond donors (Lipinski definition) is 1. The van der Waals surface area contributed by atoms with Gasteiger partial charge in [-0.05, 0) is 42.8 Å². The summed E-state index contributed by atoms with van der Waals surface area (Å²) >= 11 is 7.45. The summed E-state index contributed by atoms with van der Waals surface area (Å²) in [6.07, 6.45) is 1.65. The Bertz CT molecular complexity index is 1070. The van der Waals surface area contributed by atoms with Gasteiger partial charge in [0, 0.05) is 27.9 Å². The molecule has 0 aliphatic carbocycles. The number of hydrogen-bond acceptors (Lipinski definition) is 6. The van der Waals surface area contributed by atoms with Crippen LogP contribution in [0.25, 0.3) is 16.8 Å². The van der Waals surface area contributed by atoms with Gasteiger partial charge in [0.15, 0.2) is 11.5 Å². The Balaban J connectivity index is 1.87. The molecule has 0 bridgehead atoms. The van der Waals surface area contributed by atoms with Crippen molar-refractivity contribution >= 4 is 34.2 Å². The minimum Gasteiger partial charge on any atom is -0.493 e. The number of aryl methyl sites for hydroxylation is 1. The summed E-state index contributed by atoms with van der Waals surface area (Å²) in [5, 5.41) is 15.9. The van der Waals surface area contributed by atoms with Gasteiger partial charge in [-0.25, -0.2) is 4.98 Å². The lowest BCUT2D eigenvalue weighted by molar-refractivity contribution is 0.355. The van der Waals surface area contributed by atoms with Crippen LogP contribution in [0.2, 0.25) is 5.02 Å². The third-order valence-electron chi connectivity index (χ3n) is 4.11. The molecule has 142 valence electrons. The monoisotopic (exact) mass is 411 g/mol. The molecule has 1 aromatic heterocycles. The zero-order chi connectivity index (χ0) is 20.1. The highest BCUT2D eigenvalue weighted by molar-refractivity contribution is 7.11. The first-order chi connectivity index (χ1) is 13.5. The van der Waals surface area contributed by atoms with Gasteiger partial charge < -0.3 is 14.8 Å². The first-order valence-electron chi connectivity index (χ1n) is 8.37. The lowest BCUT2D eigenvalue weighted by Gasteiger charge is -2.08. The van der Waals surface area contributed by atoms with Crippen molar-refractivity contribution in [3.05, 3.63) is 63.6 Å². The maximum absolute atomic E-state index is 9.56. The quantitative estimate of drug-likeness (QED) is 0.522. The number of halogens is 1. The van der Waals surface area contributed by atoms with Crippen LogP contribution in [-0.4, -0.2) is 19.2 Å². The average molecular weight is 412 g/mol. The standard InChI is InChI=1S/C21H18ClN3O2S/c1-13-4-6-16(22)9-17(13)24-11-15(10-23)21-25-18(12-28-21)14-5-7-19(26-2)20(8-14)27-3/h4-9,11-12,24H,1-3H3. The van der Waals surface area contributed by atoms with E-state index in [-0.39, 0.29) is 0 Å². The maximum atomic E-state index is 9.56. The molecule has 0 fully saturated rings. The number of aromatic nitrogens is 1. The van der Waals surface area contributed by atoms with Gasteiger partial charge in [-0.1, -0.05) is 17.7 Å². The van der Waals surface area contributed by atoms with Crippen molar-refractivity contribution in [3.8, 4) is 28.8 Å². The fourth-order valence-electron chi connectivity index (χ4n) is 2.57. The molecule has 3 rings (SSSR count). The molecular formula is C21H18ClN3O2S. The van der Waals surface area contributed by atoms with Gasteiger partial charge in [-0.15, -0.1) is 11.3 Å². The molecule has 0 unspecified atom stereocenters. The van der Waals surface area contributed by atoms with Gasteiger partial charge in [0.1, 0.15) is 16.6 Å². The van der Waals surface area contributed by atoms with Crippen molar-refractivity contribution in [3.63, 3.8) is 0 Å². The maximum Gasteiger partial charge on any atom is 0.161 e. The van der Waals surface area contributed by atoms with Gasteiger partial charge in [-0.2, -0.15) is 5.26 Å². The largest absolute Gasteiger partial charge is 0.493 e. The highest BCUT2D eigenvalue weighted by atomic mass is 35.5. The number of anilines is 1. The minimum absolute atomic E-state index is 0.441. The fourth-order valence-corrected chi connectivity index (χ4v) is 3.53. The minimum atomic E-state index is 0.441. The van der Waals surface area contributed by atoms with E-state index in [4.69, 9.17) is 21.1 Å². The molecule has 2 aromatic carbocycles. The number of nitrogens with zero attached hydrogens (tertiary/aromatic N) is 2. The Labute approximate surface area is 172 Å². The summed E-state index contributed by atoms with van der Waals surface area (Å²) in [4.78, 5) is 4.60. The van der Waals surface area contributed by atoms with Gasteiger partial charge >= 0.3 is 0 Å². The van der Waals surface area contributed by atoms with E-state index in [1.54, 1.807) is 20.4 Å². The van der Waals surface area contributed by atoms with Crippen LogP contribution in [0, 0.1) is 18.3 Å². The number of rotatable bonds is 6. The lowest BCUT2D eigenvalue weighted by atomic mass is 10.1. The highest BCUT2D eigenvalue weighted by Crippen LogP contribution is 2.33. The van der Waals surface area contributed by atoms with Crippen LogP contribution < -0.4 is 14.8 Å². The van der Waals surface area contributed by atoms with E-state index in [1.807, 2.05) is 48.7 Å². The highest BCUT2D eigenvalue weighted by Gasteiger charge is 2.12. The number of thiazole rings is 1. The predicted octanol–water partition coefficient (Wildman–Crippen LogP) is 5.77. The van der Waals surface area contributed by atoms with E-state index in [2.05, 4.69) is 16.4 Å². The Morgan fingerprint density at radius 2 is 1.96 bits per heavy atom. The van der Waals surface area contributed by atoms with Crippen molar-refractivity contribution in [2.24, 2.45) is 0 Å². The second-order valence-electron chi connectivity index (χ2n) is 5.88. The second-order valence-corrected chi connectivity index (χ2v) is 7.18. The number of allylic oxidation sites excluding steroid dienone is 1. The molecule has 0 atom stereocenters. The van der Waals surface area contributed by atoms with E-state index in [9.17, 15) is 5.26 Å². The van der Waals surface area contributed by atoms with Crippen LogP contribution in [-0.2, 0) is 0 Å². The predicted molar refractivity (Wildman–Crippen MR) is 114 cm³/mol. The Hall–Kier alpha value is -3.01. The molecular weight excluding hydrogens is 394 g/mol. The van der Waals surface area contributed by atoms with Crippen LogP contribution in [0.15, 0.2) is 48.0 Å². The molecule has 5 nitrogen and oxygen atoms in total. The zero-order valence-corrected chi connectivity index (χ0v) is 17.2. The third kappa shape index (κ3) is 4.28. The van der Waals surface area contributed by atoms with E-state index in [0.29, 0.717) is 27.1 Å². The number of benzene rings is 2.